The molecule has 0 saturated carbocycles. The van der Waals surface area contributed by atoms with Crippen LogP contribution in [0, 0.1) is 0 Å². The highest BCUT2D eigenvalue weighted by Gasteiger charge is 2.40. The first-order chi connectivity index (χ1) is 12.6. The summed E-state index contributed by atoms with van der Waals surface area (Å²) in [6.07, 6.45) is 0. The number of ether oxygens (including phenoxy) is 2. The predicted molar refractivity (Wildman–Crippen MR) is 99.6 cm³/mol. The van der Waals surface area contributed by atoms with Crippen molar-refractivity contribution in [1.82, 2.24) is 0 Å². The highest BCUT2D eigenvalue weighted by Crippen LogP contribution is 2.36. The highest BCUT2D eigenvalue weighted by molar-refractivity contribution is 6.53. The van der Waals surface area contributed by atoms with Crippen LogP contribution in [0.2, 0.25) is 0 Å². The molecule has 0 atom stereocenters. The van der Waals surface area contributed by atoms with Gasteiger partial charge in [0.25, 0.3) is 11.8 Å². The lowest BCUT2D eigenvalue weighted by atomic mass is 10.2. The van der Waals surface area contributed by atoms with E-state index in [-0.39, 0.29) is 10.7 Å². The van der Waals surface area contributed by atoms with Gasteiger partial charge in [0.15, 0.2) is 0 Å². The zero-order valence-electron chi connectivity index (χ0n) is 14.3. The molecule has 0 aromatic heterocycles. The summed E-state index contributed by atoms with van der Waals surface area (Å²) in [6.45, 7) is 2.32. The summed E-state index contributed by atoms with van der Waals surface area (Å²) in [5.74, 6) is -0.217. The van der Waals surface area contributed by atoms with Crippen molar-refractivity contribution in [2.24, 2.45) is 0 Å². The molecular weight excluding hydrogens is 356 g/mol. The summed E-state index contributed by atoms with van der Waals surface area (Å²) < 4.78 is 10.8. The normalized spacial score (nSPS) is 14.0. The zero-order valence-corrected chi connectivity index (χ0v) is 15.0. The van der Waals surface area contributed by atoms with Gasteiger partial charge < -0.3 is 14.8 Å². The third-order valence-corrected chi connectivity index (χ3v) is 4.15. The summed E-state index contributed by atoms with van der Waals surface area (Å²) in [6, 6.07) is 13.9. The van der Waals surface area contributed by atoms with Crippen molar-refractivity contribution in [1.29, 1.82) is 0 Å². The number of nitrogens with zero attached hydrogens (tertiary/aromatic N) is 1. The van der Waals surface area contributed by atoms with Crippen LogP contribution in [0.3, 0.4) is 0 Å². The Bertz CT molecular complexity index is 895. The molecule has 0 aliphatic carbocycles. The third kappa shape index (κ3) is 3.11. The van der Waals surface area contributed by atoms with Crippen LogP contribution in [0.1, 0.15) is 6.92 Å². The maximum Gasteiger partial charge on any atom is 0.283 e. The molecule has 1 heterocycles. The standard InChI is InChI=1S/C19H17ClN2O4/c1-3-26-14-10-6-4-8-12(14)21-17-16(20)18(23)22(19(17)24)13-9-5-7-11-15(13)25-2/h4-11,21H,3H2,1-2H3. The van der Waals surface area contributed by atoms with Gasteiger partial charge >= 0.3 is 0 Å². The molecule has 134 valence electrons. The molecule has 6 nitrogen and oxygen atoms in total. The number of carbonyl (C=O) groups is 2. The van der Waals surface area contributed by atoms with Gasteiger partial charge in [0.05, 0.1) is 25.1 Å². The van der Waals surface area contributed by atoms with Crippen LogP contribution in [0.15, 0.2) is 59.3 Å². The monoisotopic (exact) mass is 372 g/mol. The first-order valence-electron chi connectivity index (χ1n) is 7.99. The van der Waals surface area contributed by atoms with Crippen LogP contribution < -0.4 is 19.7 Å². The van der Waals surface area contributed by atoms with E-state index in [1.165, 1.54) is 7.11 Å². The fraction of sp³-hybridized carbons (Fsp3) is 0.158. The molecule has 0 bridgehead atoms. The zero-order chi connectivity index (χ0) is 18.7. The van der Waals surface area contributed by atoms with Gasteiger partial charge in [-0.15, -0.1) is 0 Å². The summed E-state index contributed by atoms with van der Waals surface area (Å²) >= 11 is 6.17. The average Bonchev–Trinajstić information content (AvgIpc) is 2.87. The second kappa shape index (κ2) is 7.49. The molecule has 3 rings (SSSR count). The summed E-state index contributed by atoms with van der Waals surface area (Å²) in [7, 11) is 1.47. The number of imide groups is 1. The van der Waals surface area contributed by atoms with Crippen LogP contribution in [0.25, 0.3) is 0 Å². The largest absolute Gasteiger partial charge is 0.495 e. The van der Waals surface area contributed by atoms with E-state index in [2.05, 4.69) is 5.32 Å². The Kier molecular flexibility index (Phi) is 5.14. The first kappa shape index (κ1) is 17.8. The quantitative estimate of drug-likeness (QED) is 0.786. The average molecular weight is 373 g/mol. The van der Waals surface area contributed by atoms with Crippen LogP contribution in [-0.4, -0.2) is 25.5 Å². The second-order valence-electron chi connectivity index (χ2n) is 5.36. The third-order valence-electron chi connectivity index (χ3n) is 3.80. The lowest BCUT2D eigenvalue weighted by Crippen LogP contribution is -2.32. The van der Waals surface area contributed by atoms with Gasteiger partial charge in [0, 0.05) is 0 Å². The number of benzene rings is 2. The molecule has 1 aliphatic rings. The van der Waals surface area contributed by atoms with Crippen LogP contribution in [-0.2, 0) is 9.59 Å². The summed E-state index contributed by atoms with van der Waals surface area (Å²) in [5.41, 5.74) is 0.873. The highest BCUT2D eigenvalue weighted by atomic mass is 35.5. The summed E-state index contributed by atoms with van der Waals surface area (Å²) in [5, 5.41) is 2.74. The van der Waals surface area contributed by atoms with E-state index >= 15 is 0 Å². The van der Waals surface area contributed by atoms with Gasteiger partial charge in [-0.05, 0) is 31.2 Å². The number of hydrogen-bond donors (Lipinski definition) is 1. The van der Waals surface area contributed by atoms with Gasteiger partial charge in [-0.2, -0.15) is 0 Å². The molecular formula is C19H17ClN2O4. The van der Waals surface area contributed by atoms with Crippen molar-refractivity contribution in [3.05, 3.63) is 59.3 Å². The molecule has 0 saturated heterocycles. The molecule has 2 aromatic carbocycles. The predicted octanol–water partition coefficient (Wildman–Crippen LogP) is 3.53. The van der Waals surface area contributed by atoms with Crippen LogP contribution in [0.4, 0.5) is 11.4 Å². The SMILES string of the molecule is CCOc1ccccc1NC1=C(Cl)C(=O)N(c2ccccc2OC)C1=O. The minimum Gasteiger partial charge on any atom is -0.495 e. The van der Waals surface area contributed by atoms with Crippen molar-refractivity contribution >= 4 is 34.8 Å². The van der Waals surface area contributed by atoms with Gasteiger partial charge in [-0.25, -0.2) is 4.90 Å². The smallest absolute Gasteiger partial charge is 0.283 e. The van der Waals surface area contributed by atoms with Gasteiger partial charge in [-0.3, -0.25) is 9.59 Å². The van der Waals surface area contributed by atoms with Gasteiger partial charge in [0.2, 0.25) is 0 Å². The van der Waals surface area contributed by atoms with E-state index in [1.807, 2.05) is 13.0 Å². The van der Waals surface area contributed by atoms with Crippen molar-refractivity contribution in [2.45, 2.75) is 6.92 Å². The maximum atomic E-state index is 12.9. The summed E-state index contributed by atoms with van der Waals surface area (Å²) in [4.78, 5) is 26.4. The number of para-hydroxylation sites is 4. The lowest BCUT2D eigenvalue weighted by Gasteiger charge is -2.18. The Balaban J connectivity index is 1.95. The second-order valence-corrected chi connectivity index (χ2v) is 5.74. The lowest BCUT2D eigenvalue weighted by molar-refractivity contribution is -0.120. The topological polar surface area (TPSA) is 67.9 Å². The maximum absolute atomic E-state index is 12.9. The Morgan fingerprint density at radius 1 is 1.00 bits per heavy atom. The Morgan fingerprint density at radius 3 is 2.35 bits per heavy atom. The number of amides is 2. The van der Waals surface area contributed by atoms with Gasteiger partial charge in [-0.1, -0.05) is 35.9 Å². The number of anilines is 2. The molecule has 1 aliphatic heterocycles. The molecule has 2 amide bonds. The number of nitrogens with one attached hydrogen (secondary N) is 1. The van der Waals surface area contributed by atoms with Gasteiger partial charge in [0.1, 0.15) is 22.2 Å². The van der Waals surface area contributed by atoms with E-state index < -0.39 is 11.8 Å². The Labute approximate surface area is 156 Å². The fourth-order valence-electron chi connectivity index (χ4n) is 2.63. The Morgan fingerprint density at radius 2 is 1.65 bits per heavy atom. The van der Waals surface area contributed by atoms with E-state index in [4.69, 9.17) is 21.1 Å². The van der Waals surface area contributed by atoms with E-state index in [0.29, 0.717) is 29.5 Å². The molecule has 1 N–H and O–H groups in total. The van der Waals surface area contributed by atoms with Crippen molar-refractivity contribution in [3.63, 3.8) is 0 Å². The van der Waals surface area contributed by atoms with Crippen molar-refractivity contribution in [2.75, 3.05) is 23.9 Å². The number of halogens is 1. The van der Waals surface area contributed by atoms with E-state index in [0.717, 1.165) is 4.90 Å². The Hall–Kier alpha value is -2.99. The van der Waals surface area contributed by atoms with Crippen LogP contribution in [0.5, 0.6) is 11.5 Å². The molecule has 26 heavy (non-hydrogen) atoms. The van der Waals surface area contributed by atoms with Crippen molar-refractivity contribution in [3.8, 4) is 11.5 Å². The molecule has 7 heteroatoms. The minimum atomic E-state index is -0.613. The first-order valence-corrected chi connectivity index (χ1v) is 8.36. The fourth-order valence-corrected chi connectivity index (χ4v) is 2.84. The number of carbonyl (C=O) groups excluding carboxylic acids is 2. The van der Waals surface area contributed by atoms with E-state index in [9.17, 15) is 9.59 Å². The number of methoxy groups -OCH3 is 1. The minimum absolute atomic E-state index is 0.00488. The molecule has 2 aromatic rings. The number of hydrogen-bond acceptors (Lipinski definition) is 5. The van der Waals surface area contributed by atoms with Crippen molar-refractivity contribution < 1.29 is 19.1 Å². The number of rotatable bonds is 6. The molecule has 0 fully saturated rings. The van der Waals surface area contributed by atoms with E-state index in [1.54, 1.807) is 42.5 Å². The molecule has 0 unspecified atom stereocenters. The van der Waals surface area contributed by atoms with Crippen LogP contribution >= 0.6 is 11.6 Å². The molecule has 0 spiro atoms. The molecule has 0 radical (unpaired) electrons.